The molecule has 2 rings (SSSR count). The minimum absolute atomic E-state index is 0.270. The lowest BCUT2D eigenvalue weighted by molar-refractivity contribution is -0.0597. The molecule has 0 radical (unpaired) electrons. The summed E-state index contributed by atoms with van der Waals surface area (Å²) in [6.07, 6.45) is 4.06. The van der Waals surface area contributed by atoms with Gasteiger partial charge in [0.05, 0.1) is 18.8 Å². The van der Waals surface area contributed by atoms with E-state index in [0.717, 1.165) is 12.3 Å². The Labute approximate surface area is 124 Å². The monoisotopic (exact) mass is 278 g/mol. The first kappa shape index (κ1) is 15.8. The van der Waals surface area contributed by atoms with Crippen LogP contribution in [0.3, 0.4) is 0 Å². The van der Waals surface area contributed by atoms with Gasteiger partial charge in [0.25, 0.3) is 0 Å². The Kier molecular flexibility index (Phi) is 3.95. The largest absolute Gasteiger partial charge is 0.375 e. The number of hydrogen-bond donors (Lipinski definition) is 1. The molecule has 0 aromatic rings. The highest BCUT2D eigenvalue weighted by molar-refractivity contribution is 5.12. The highest BCUT2D eigenvalue weighted by Crippen LogP contribution is 2.66. The Morgan fingerprint density at radius 1 is 1.40 bits per heavy atom. The van der Waals surface area contributed by atoms with Gasteiger partial charge in [-0.3, -0.25) is 5.32 Å². The van der Waals surface area contributed by atoms with Gasteiger partial charge in [0.2, 0.25) is 0 Å². The van der Waals surface area contributed by atoms with Gasteiger partial charge in [0.15, 0.2) is 0 Å². The number of fused-ring (bicyclic) bond motifs is 2. The molecule has 2 bridgehead atoms. The van der Waals surface area contributed by atoms with Gasteiger partial charge in [-0.1, -0.05) is 20.8 Å². The maximum Gasteiger partial charge on any atom is 0.127 e. The normalized spacial score (nSPS) is 37.9. The fourth-order valence-electron chi connectivity index (χ4n) is 4.39. The molecule has 2 aliphatic rings. The molecule has 4 unspecified atom stereocenters. The van der Waals surface area contributed by atoms with Crippen molar-refractivity contribution >= 4 is 0 Å². The summed E-state index contributed by atoms with van der Waals surface area (Å²) < 4.78 is 6.25. The molecule has 2 fully saturated rings. The predicted octanol–water partition coefficient (Wildman–Crippen LogP) is 3.50. The number of rotatable bonds is 5. The second kappa shape index (κ2) is 5.00. The van der Waals surface area contributed by atoms with Gasteiger partial charge < -0.3 is 4.74 Å². The summed E-state index contributed by atoms with van der Waals surface area (Å²) in [5.74, 6) is 0.781. The van der Waals surface area contributed by atoms with Crippen molar-refractivity contribution in [3.05, 3.63) is 0 Å². The van der Waals surface area contributed by atoms with Crippen molar-refractivity contribution in [3.8, 4) is 6.07 Å². The lowest BCUT2D eigenvalue weighted by Gasteiger charge is -2.40. The van der Waals surface area contributed by atoms with E-state index >= 15 is 0 Å². The zero-order chi connectivity index (χ0) is 15.2. The van der Waals surface area contributed by atoms with E-state index in [4.69, 9.17) is 4.74 Å². The molecule has 114 valence electrons. The van der Waals surface area contributed by atoms with E-state index in [1.807, 2.05) is 6.92 Å². The standard InChI is InChI=1S/C17H30N2O/c1-12(2)19-16(5,10-18)11-20-14-9-13-7-8-17(14,6)15(13,3)4/h12-14,19H,7-9,11H2,1-6H3. The molecule has 0 aromatic heterocycles. The summed E-state index contributed by atoms with van der Waals surface area (Å²) in [6, 6.07) is 2.66. The third-order valence-corrected chi connectivity index (χ3v) is 6.14. The average molecular weight is 278 g/mol. The van der Waals surface area contributed by atoms with Gasteiger partial charge in [-0.25, -0.2) is 0 Å². The lowest BCUT2D eigenvalue weighted by Crippen LogP contribution is -2.50. The SMILES string of the molecule is CC(C)NC(C)(C#N)COC1CC2CCC1(C)C2(C)C. The fraction of sp³-hybridized carbons (Fsp3) is 0.941. The number of nitrogens with one attached hydrogen (secondary N) is 1. The van der Waals surface area contributed by atoms with Crippen molar-refractivity contribution < 1.29 is 4.74 Å². The zero-order valence-corrected chi connectivity index (χ0v) is 13.9. The first-order valence-electron chi connectivity index (χ1n) is 7.95. The van der Waals surface area contributed by atoms with E-state index in [9.17, 15) is 5.26 Å². The fourth-order valence-corrected chi connectivity index (χ4v) is 4.39. The van der Waals surface area contributed by atoms with Gasteiger partial charge in [-0.05, 0) is 56.8 Å². The molecule has 20 heavy (non-hydrogen) atoms. The molecule has 0 aliphatic heterocycles. The van der Waals surface area contributed by atoms with E-state index in [0.29, 0.717) is 18.1 Å². The van der Waals surface area contributed by atoms with Gasteiger partial charge in [-0.15, -0.1) is 0 Å². The molecule has 4 atom stereocenters. The topological polar surface area (TPSA) is 45.0 Å². The van der Waals surface area contributed by atoms with Crippen LogP contribution in [0.5, 0.6) is 0 Å². The minimum atomic E-state index is -0.587. The summed E-state index contributed by atoms with van der Waals surface area (Å²) in [6.45, 7) is 13.7. The number of hydrogen-bond acceptors (Lipinski definition) is 3. The predicted molar refractivity (Wildman–Crippen MR) is 81.3 cm³/mol. The summed E-state index contributed by atoms with van der Waals surface area (Å²) in [5.41, 5.74) is 0.0502. The molecule has 0 amide bonds. The molecule has 1 N–H and O–H groups in total. The quantitative estimate of drug-likeness (QED) is 0.837. The molecule has 2 aliphatic carbocycles. The van der Waals surface area contributed by atoms with Crippen LogP contribution in [-0.4, -0.2) is 24.3 Å². The van der Waals surface area contributed by atoms with Crippen LogP contribution in [0, 0.1) is 28.1 Å². The van der Waals surface area contributed by atoms with Crippen LogP contribution in [0.4, 0.5) is 0 Å². The van der Waals surface area contributed by atoms with Crippen LogP contribution in [0.25, 0.3) is 0 Å². The van der Waals surface area contributed by atoms with Crippen molar-refractivity contribution in [3.63, 3.8) is 0 Å². The van der Waals surface area contributed by atoms with Gasteiger partial charge in [-0.2, -0.15) is 5.26 Å². The van der Waals surface area contributed by atoms with Crippen LogP contribution >= 0.6 is 0 Å². The van der Waals surface area contributed by atoms with E-state index < -0.39 is 5.54 Å². The second-order valence-electron chi connectivity index (χ2n) is 8.15. The first-order valence-corrected chi connectivity index (χ1v) is 7.95. The molecule has 2 saturated carbocycles. The molecule has 3 nitrogen and oxygen atoms in total. The number of nitrogens with zero attached hydrogens (tertiary/aromatic N) is 1. The van der Waals surface area contributed by atoms with Crippen LogP contribution in [-0.2, 0) is 4.74 Å². The van der Waals surface area contributed by atoms with E-state index in [1.165, 1.54) is 12.8 Å². The molecule has 0 saturated heterocycles. The summed E-state index contributed by atoms with van der Waals surface area (Å²) >= 11 is 0. The highest BCUT2D eigenvalue weighted by Gasteiger charge is 2.62. The minimum Gasteiger partial charge on any atom is -0.375 e. The Hall–Kier alpha value is -0.590. The third-order valence-electron chi connectivity index (χ3n) is 6.14. The first-order chi connectivity index (χ1) is 9.14. The van der Waals surface area contributed by atoms with Crippen molar-refractivity contribution in [2.24, 2.45) is 16.7 Å². The zero-order valence-electron chi connectivity index (χ0n) is 13.9. The lowest BCUT2D eigenvalue weighted by atomic mass is 9.70. The Morgan fingerprint density at radius 2 is 2.05 bits per heavy atom. The van der Waals surface area contributed by atoms with E-state index in [2.05, 4.69) is 46.0 Å². The summed E-state index contributed by atoms with van der Waals surface area (Å²) in [4.78, 5) is 0. The molecule has 3 heteroatoms. The van der Waals surface area contributed by atoms with Gasteiger partial charge >= 0.3 is 0 Å². The molecular formula is C17H30N2O. The van der Waals surface area contributed by atoms with E-state index in [-0.39, 0.29) is 11.5 Å². The molecule has 0 aromatic carbocycles. The van der Waals surface area contributed by atoms with Crippen LogP contribution in [0.2, 0.25) is 0 Å². The average Bonchev–Trinajstić information content (AvgIpc) is 2.68. The Bertz CT molecular complexity index is 412. The van der Waals surface area contributed by atoms with Gasteiger partial charge in [0, 0.05) is 6.04 Å². The summed E-state index contributed by atoms with van der Waals surface area (Å²) in [7, 11) is 0. The number of ether oxygens (including phenoxy) is 1. The smallest absolute Gasteiger partial charge is 0.127 e. The van der Waals surface area contributed by atoms with Crippen LogP contribution in [0.1, 0.15) is 60.8 Å². The van der Waals surface area contributed by atoms with Crippen molar-refractivity contribution in [2.45, 2.75) is 78.5 Å². The Balaban J connectivity index is 2.01. The highest BCUT2D eigenvalue weighted by atomic mass is 16.5. The van der Waals surface area contributed by atoms with Crippen LogP contribution in [0.15, 0.2) is 0 Å². The van der Waals surface area contributed by atoms with Crippen molar-refractivity contribution in [1.82, 2.24) is 5.32 Å². The molecular weight excluding hydrogens is 248 g/mol. The second-order valence-corrected chi connectivity index (χ2v) is 8.15. The van der Waals surface area contributed by atoms with Crippen molar-refractivity contribution in [1.29, 1.82) is 5.26 Å². The maximum atomic E-state index is 9.41. The molecule has 0 heterocycles. The molecule has 0 spiro atoms. The van der Waals surface area contributed by atoms with Crippen LogP contribution < -0.4 is 5.32 Å². The third kappa shape index (κ3) is 2.38. The van der Waals surface area contributed by atoms with Crippen molar-refractivity contribution in [2.75, 3.05) is 6.61 Å². The Morgan fingerprint density at radius 3 is 2.45 bits per heavy atom. The van der Waals surface area contributed by atoms with E-state index in [1.54, 1.807) is 0 Å². The maximum absolute atomic E-state index is 9.41. The summed E-state index contributed by atoms with van der Waals surface area (Å²) in [5, 5.41) is 12.7. The number of nitriles is 1. The van der Waals surface area contributed by atoms with Gasteiger partial charge in [0.1, 0.15) is 5.54 Å².